The van der Waals surface area contributed by atoms with Crippen molar-refractivity contribution in [1.29, 1.82) is 0 Å². The molecule has 0 saturated carbocycles. The molecule has 1 heterocycles. The maximum absolute atomic E-state index is 8.81. The summed E-state index contributed by atoms with van der Waals surface area (Å²) in [5, 5.41) is 0. The Labute approximate surface area is 143 Å². The molecule has 2 aromatic rings. The van der Waals surface area contributed by atoms with Crippen LogP contribution in [-0.2, 0) is 11.2 Å². The van der Waals surface area contributed by atoms with Crippen molar-refractivity contribution in [2.24, 2.45) is 0 Å². The number of carbonyl (C=O) groups is 1. The average Bonchev–Trinajstić information content (AvgIpc) is 3.03. The quantitative estimate of drug-likeness (QED) is 0.765. The summed E-state index contributed by atoms with van der Waals surface area (Å²) in [6, 6.07) is 14.3. The second-order valence-corrected chi connectivity index (χ2v) is 5.71. The smallest absolute Gasteiger partial charge is 0.231 e. The van der Waals surface area contributed by atoms with E-state index in [1.807, 2.05) is 24.3 Å². The van der Waals surface area contributed by atoms with Gasteiger partial charge in [-0.3, -0.25) is 0 Å². The number of aldehydes is 1. The third kappa shape index (κ3) is 4.75. The number of carbonyl (C=O) groups excluding carboxylic acids is 1. The van der Waals surface area contributed by atoms with Crippen LogP contribution in [0.2, 0.25) is 0 Å². The number of hydrogen-bond acceptors (Lipinski definition) is 4. The topological polar surface area (TPSA) is 44.8 Å². The summed E-state index contributed by atoms with van der Waals surface area (Å²) in [4.78, 5) is 8.81. The first-order chi connectivity index (χ1) is 11.7. The van der Waals surface area contributed by atoms with E-state index in [2.05, 4.69) is 32.0 Å². The van der Waals surface area contributed by atoms with Crippen molar-refractivity contribution in [2.75, 3.05) is 13.4 Å². The second-order valence-electron chi connectivity index (χ2n) is 5.71. The minimum Gasteiger partial charge on any atom is -0.493 e. The highest BCUT2D eigenvalue weighted by molar-refractivity contribution is 5.45. The normalized spacial score (nSPS) is 11.7. The Hall–Kier alpha value is -2.49. The monoisotopic (exact) mass is 328 g/mol. The Morgan fingerprint density at radius 2 is 1.83 bits per heavy atom. The number of ether oxygens (including phenoxy) is 3. The lowest BCUT2D eigenvalue weighted by Crippen LogP contribution is -2.04. The van der Waals surface area contributed by atoms with Crippen molar-refractivity contribution in [3.8, 4) is 17.2 Å². The molecular weight excluding hydrogens is 304 g/mol. The van der Waals surface area contributed by atoms with E-state index in [1.165, 1.54) is 18.1 Å². The van der Waals surface area contributed by atoms with E-state index >= 15 is 0 Å². The van der Waals surface area contributed by atoms with Crippen LogP contribution in [0.15, 0.2) is 42.5 Å². The minimum atomic E-state index is 0.317. The Morgan fingerprint density at radius 1 is 1.12 bits per heavy atom. The molecule has 0 bridgehead atoms. The molecule has 4 nitrogen and oxygen atoms in total. The summed E-state index contributed by atoms with van der Waals surface area (Å²) >= 11 is 0. The maximum Gasteiger partial charge on any atom is 0.231 e. The average molecular weight is 328 g/mol. The van der Waals surface area contributed by atoms with Crippen molar-refractivity contribution in [2.45, 2.75) is 33.1 Å². The molecule has 0 unspecified atom stereocenters. The van der Waals surface area contributed by atoms with Gasteiger partial charge in [0, 0.05) is 6.42 Å². The fourth-order valence-corrected chi connectivity index (χ4v) is 2.46. The van der Waals surface area contributed by atoms with Crippen molar-refractivity contribution < 1.29 is 19.0 Å². The molecule has 0 aliphatic carbocycles. The first-order valence-electron chi connectivity index (χ1n) is 8.15. The lowest BCUT2D eigenvalue weighted by molar-refractivity contribution is -0.106. The van der Waals surface area contributed by atoms with E-state index in [0.29, 0.717) is 19.3 Å². The van der Waals surface area contributed by atoms with Crippen LogP contribution < -0.4 is 14.2 Å². The van der Waals surface area contributed by atoms with E-state index in [0.717, 1.165) is 30.0 Å². The highest BCUT2D eigenvalue weighted by atomic mass is 16.7. The van der Waals surface area contributed by atoms with Crippen molar-refractivity contribution in [3.05, 3.63) is 53.6 Å². The lowest BCUT2D eigenvalue weighted by atomic mass is 10.0. The van der Waals surface area contributed by atoms with Gasteiger partial charge in [-0.1, -0.05) is 38.1 Å². The van der Waals surface area contributed by atoms with Gasteiger partial charge in [0.2, 0.25) is 6.79 Å². The second kappa shape index (κ2) is 8.96. The molecule has 128 valence electrons. The van der Waals surface area contributed by atoms with Crippen LogP contribution in [0.25, 0.3) is 0 Å². The summed E-state index contributed by atoms with van der Waals surface area (Å²) in [5.41, 5.74) is 2.45. The fraction of sp³-hybridized carbons (Fsp3) is 0.350. The summed E-state index contributed by atoms with van der Waals surface area (Å²) < 4.78 is 16.7. The predicted octanol–water partition coefficient (Wildman–Crippen LogP) is 4.37. The fourth-order valence-electron chi connectivity index (χ4n) is 2.46. The number of fused-ring (bicyclic) bond motifs is 1. The van der Waals surface area contributed by atoms with Crippen molar-refractivity contribution in [1.82, 2.24) is 0 Å². The van der Waals surface area contributed by atoms with E-state index in [-0.39, 0.29) is 0 Å². The van der Waals surface area contributed by atoms with Gasteiger partial charge in [-0.25, -0.2) is 0 Å². The zero-order valence-electron chi connectivity index (χ0n) is 14.5. The summed E-state index contributed by atoms with van der Waals surface area (Å²) in [5.74, 6) is 3.10. The van der Waals surface area contributed by atoms with Gasteiger partial charge in [0.25, 0.3) is 0 Å². The van der Waals surface area contributed by atoms with Gasteiger partial charge in [-0.05, 0) is 42.2 Å². The van der Waals surface area contributed by atoms with Gasteiger partial charge in [-0.15, -0.1) is 0 Å². The molecule has 1 aliphatic heterocycles. The van der Waals surface area contributed by atoms with Crippen LogP contribution in [-0.4, -0.2) is 19.7 Å². The Morgan fingerprint density at radius 3 is 2.58 bits per heavy atom. The predicted molar refractivity (Wildman–Crippen MR) is 94.0 cm³/mol. The zero-order chi connectivity index (χ0) is 17.4. The molecule has 0 N–H and O–H groups in total. The highest BCUT2D eigenvalue weighted by Crippen LogP contribution is 2.32. The van der Waals surface area contributed by atoms with Crippen LogP contribution >= 0.6 is 0 Å². The molecule has 0 aromatic heterocycles. The molecule has 1 aliphatic rings. The summed E-state index contributed by atoms with van der Waals surface area (Å²) in [6.07, 6.45) is 1.60. The molecule has 24 heavy (non-hydrogen) atoms. The summed E-state index contributed by atoms with van der Waals surface area (Å²) in [7, 11) is 0. The summed E-state index contributed by atoms with van der Waals surface area (Å²) in [6.45, 7) is 6.78. The van der Waals surface area contributed by atoms with Gasteiger partial charge in [-0.2, -0.15) is 0 Å². The van der Waals surface area contributed by atoms with Gasteiger partial charge in [0.05, 0.1) is 6.61 Å². The first-order valence-corrected chi connectivity index (χ1v) is 8.15. The van der Waals surface area contributed by atoms with Crippen LogP contribution in [0.3, 0.4) is 0 Å². The van der Waals surface area contributed by atoms with E-state index in [4.69, 9.17) is 19.0 Å². The first kappa shape index (κ1) is 17.9. The Kier molecular flexibility index (Phi) is 6.67. The molecule has 0 saturated heterocycles. The third-order valence-corrected chi connectivity index (χ3v) is 3.63. The van der Waals surface area contributed by atoms with Crippen LogP contribution in [0, 0.1) is 0 Å². The number of rotatable bonds is 5. The van der Waals surface area contributed by atoms with E-state index < -0.39 is 0 Å². The van der Waals surface area contributed by atoms with Crippen LogP contribution in [0.4, 0.5) is 0 Å². The highest BCUT2D eigenvalue weighted by Gasteiger charge is 2.13. The number of para-hydroxylation sites is 1. The van der Waals surface area contributed by atoms with Gasteiger partial charge in [0.15, 0.2) is 11.5 Å². The molecule has 4 heteroatoms. The molecule has 3 rings (SSSR count). The van der Waals surface area contributed by atoms with E-state index in [9.17, 15) is 0 Å². The molecule has 0 radical (unpaired) electrons. The standard InChI is InChI=1S/C18H20O3.C2H4O/c1-13(2)15-5-3-4-6-16(15)19-10-9-14-7-8-17-18(11-14)21-12-20-17;1-2-3/h3-8,11,13H,9-10,12H2,1-2H3;2H,1H3. The van der Waals surface area contributed by atoms with Gasteiger partial charge < -0.3 is 19.0 Å². The Balaban J connectivity index is 0.000000647. The molecule has 2 aromatic carbocycles. The van der Waals surface area contributed by atoms with Crippen molar-refractivity contribution >= 4 is 6.29 Å². The van der Waals surface area contributed by atoms with Gasteiger partial charge >= 0.3 is 0 Å². The SMILES string of the molecule is CC(C)c1ccccc1OCCc1ccc2c(c1)OCO2.CC=O. The third-order valence-electron chi connectivity index (χ3n) is 3.63. The molecular formula is C20H24O4. The van der Waals surface area contributed by atoms with Crippen LogP contribution in [0.5, 0.6) is 17.2 Å². The minimum absolute atomic E-state index is 0.317. The van der Waals surface area contributed by atoms with Crippen molar-refractivity contribution in [3.63, 3.8) is 0 Å². The zero-order valence-corrected chi connectivity index (χ0v) is 14.5. The van der Waals surface area contributed by atoms with Gasteiger partial charge in [0.1, 0.15) is 12.0 Å². The molecule has 0 amide bonds. The van der Waals surface area contributed by atoms with Crippen LogP contribution in [0.1, 0.15) is 37.8 Å². The number of benzene rings is 2. The molecule has 0 spiro atoms. The molecule has 0 atom stereocenters. The molecule has 0 fully saturated rings. The van der Waals surface area contributed by atoms with E-state index in [1.54, 1.807) is 0 Å². The largest absolute Gasteiger partial charge is 0.493 e. The Bertz CT molecular complexity index is 664. The number of hydrogen-bond donors (Lipinski definition) is 0. The maximum atomic E-state index is 8.81. The lowest BCUT2D eigenvalue weighted by Gasteiger charge is -2.13.